The van der Waals surface area contributed by atoms with Crippen LogP contribution in [0.5, 0.6) is 0 Å². The fourth-order valence-electron chi connectivity index (χ4n) is 1.57. The monoisotopic (exact) mass is 272 g/mol. The van der Waals surface area contributed by atoms with Crippen molar-refractivity contribution < 1.29 is 12.8 Å². The molecule has 0 atom stereocenters. The quantitative estimate of drug-likeness (QED) is 0.825. The zero-order valence-electron chi connectivity index (χ0n) is 11.0. The van der Waals surface area contributed by atoms with E-state index in [-0.39, 0.29) is 10.6 Å². The Bertz CT molecular complexity index is 515. The maximum absolute atomic E-state index is 12.0. The lowest BCUT2D eigenvalue weighted by atomic mass is 10.3. The van der Waals surface area contributed by atoms with Gasteiger partial charge in [0.15, 0.2) is 0 Å². The van der Waals surface area contributed by atoms with Crippen molar-refractivity contribution in [2.75, 3.05) is 0 Å². The predicted molar refractivity (Wildman–Crippen MR) is 68.6 cm³/mol. The number of nitrogens with one attached hydrogen (secondary N) is 2. The second-order valence-corrected chi connectivity index (χ2v) is 7.04. The van der Waals surface area contributed by atoms with Crippen LogP contribution in [0.4, 0.5) is 0 Å². The first-order valence-electron chi connectivity index (χ1n) is 6.17. The lowest BCUT2D eigenvalue weighted by Crippen LogP contribution is -2.33. The molecular weight excluding hydrogens is 252 g/mol. The van der Waals surface area contributed by atoms with Crippen LogP contribution in [0.15, 0.2) is 21.6 Å². The molecule has 1 aliphatic carbocycles. The Morgan fingerprint density at radius 1 is 1.39 bits per heavy atom. The number of furan rings is 1. The first kappa shape index (κ1) is 13.6. The van der Waals surface area contributed by atoms with Gasteiger partial charge < -0.3 is 9.73 Å². The highest BCUT2D eigenvalue weighted by Gasteiger charge is 2.42. The summed E-state index contributed by atoms with van der Waals surface area (Å²) in [7, 11) is -3.52. The molecule has 0 saturated heterocycles. The van der Waals surface area contributed by atoms with Crippen molar-refractivity contribution in [2.45, 2.75) is 56.8 Å². The largest absolute Gasteiger partial charge is 0.447 e. The molecule has 0 radical (unpaired) electrons. The highest BCUT2D eigenvalue weighted by atomic mass is 32.2. The summed E-state index contributed by atoms with van der Waals surface area (Å²) >= 11 is 0. The van der Waals surface area contributed by atoms with E-state index >= 15 is 0 Å². The summed E-state index contributed by atoms with van der Waals surface area (Å²) in [6.07, 6.45) is 1.77. The van der Waals surface area contributed by atoms with Crippen LogP contribution >= 0.6 is 0 Å². The van der Waals surface area contributed by atoms with Gasteiger partial charge in [-0.1, -0.05) is 13.8 Å². The fourth-order valence-corrected chi connectivity index (χ4v) is 2.98. The highest BCUT2D eigenvalue weighted by Crippen LogP contribution is 2.36. The zero-order valence-corrected chi connectivity index (χ0v) is 11.8. The van der Waals surface area contributed by atoms with Crippen molar-refractivity contribution >= 4 is 10.0 Å². The maximum atomic E-state index is 12.0. The Morgan fingerprint density at radius 3 is 2.61 bits per heavy atom. The van der Waals surface area contributed by atoms with Gasteiger partial charge in [0.1, 0.15) is 5.76 Å². The van der Waals surface area contributed by atoms with Crippen molar-refractivity contribution in [3.8, 4) is 0 Å². The molecule has 5 nitrogen and oxygen atoms in total. The highest BCUT2D eigenvalue weighted by molar-refractivity contribution is 7.89. The normalized spacial score (nSPS) is 18.2. The van der Waals surface area contributed by atoms with Crippen LogP contribution in [0.25, 0.3) is 0 Å². The SMILES string of the molecule is CC(C)NCc1ccc(S(=O)(=O)NC2(C)CC2)o1. The number of rotatable bonds is 6. The topological polar surface area (TPSA) is 71.3 Å². The second kappa shape index (κ2) is 4.68. The molecule has 0 spiro atoms. The van der Waals surface area contributed by atoms with E-state index in [1.54, 1.807) is 6.07 Å². The molecule has 1 fully saturated rings. The molecule has 1 aromatic rings. The third kappa shape index (κ3) is 3.34. The summed E-state index contributed by atoms with van der Waals surface area (Å²) in [5.74, 6) is 0.630. The molecule has 0 amide bonds. The zero-order chi connectivity index (χ0) is 13.4. The number of hydrogen-bond acceptors (Lipinski definition) is 4. The van der Waals surface area contributed by atoms with E-state index in [0.29, 0.717) is 18.3 Å². The minimum absolute atomic E-state index is 0.00354. The first-order chi connectivity index (χ1) is 8.31. The van der Waals surface area contributed by atoms with Gasteiger partial charge in [-0.05, 0) is 31.9 Å². The molecule has 2 rings (SSSR count). The van der Waals surface area contributed by atoms with E-state index < -0.39 is 10.0 Å². The lowest BCUT2D eigenvalue weighted by Gasteiger charge is -2.10. The van der Waals surface area contributed by atoms with Gasteiger partial charge >= 0.3 is 0 Å². The average Bonchev–Trinajstić information content (AvgIpc) is 2.81. The Kier molecular flexibility index (Phi) is 3.53. The second-order valence-electron chi connectivity index (χ2n) is 5.42. The molecule has 102 valence electrons. The molecule has 6 heteroatoms. The molecule has 1 aliphatic rings. The maximum Gasteiger partial charge on any atom is 0.274 e. The summed E-state index contributed by atoms with van der Waals surface area (Å²) in [5.41, 5.74) is -0.276. The van der Waals surface area contributed by atoms with Crippen LogP contribution in [0, 0.1) is 0 Å². The van der Waals surface area contributed by atoms with Gasteiger partial charge in [0.2, 0.25) is 5.09 Å². The van der Waals surface area contributed by atoms with E-state index in [2.05, 4.69) is 10.0 Å². The summed E-state index contributed by atoms with van der Waals surface area (Å²) in [6, 6.07) is 3.53. The molecule has 1 saturated carbocycles. The Balaban J connectivity index is 2.04. The molecule has 0 bridgehead atoms. The lowest BCUT2D eigenvalue weighted by molar-refractivity contribution is 0.391. The van der Waals surface area contributed by atoms with Gasteiger partial charge in [-0.2, -0.15) is 0 Å². The summed E-state index contributed by atoms with van der Waals surface area (Å²) < 4.78 is 32.0. The van der Waals surface area contributed by atoms with Gasteiger partial charge in [-0.25, -0.2) is 13.1 Å². The van der Waals surface area contributed by atoms with E-state index in [0.717, 1.165) is 12.8 Å². The van der Waals surface area contributed by atoms with Crippen LogP contribution in [0.3, 0.4) is 0 Å². The van der Waals surface area contributed by atoms with E-state index in [4.69, 9.17) is 4.42 Å². The first-order valence-corrected chi connectivity index (χ1v) is 7.65. The smallest absolute Gasteiger partial charge is 0.274 e. The van der Waals surface area contributed by atoms with Crippen molar-refractivity contribution in [1.82, 2.24) is 10.0 Å². The van der Waals surface area contributed by atoms with E-state index in [1.807, 2.05) is 20.8 Å². The summed E-state index contributed by atoms with van der Waals surface area (Å²) in [5, 5.41) is 3.17. The molecule has 0 unspecified atom stereocenters. The summed E-state index contributed by atoms with van der Waals surface area (Å²) in [6.45, 7) is 6.48. The van der Waals surface area contributed by atoms with Crippen molar-refractivity contribution in [3.05, 3.63) is 17.9 Å². The van der Waals surface area contributed by atoms with Crippen LogP contribution in [0.1, 0.15) is 39.4 Å². The third-order valence-electron chi connectivity index (χ3n) is 2.97. The molecule has 1 heterocycles. The van der Waals surface area contributed by atoms with Crippen molar-refractivity contribution in [3.63, 3.8) is 0 Å². The fraction of sp³-hybridized carbons (Fsp3) is 0.667. The Hall–Kier alpha value is -0.850. The molecule has 0 aromatic carbocycles. The predicted octanol–water partition coefficient (Wildman–Crippen LogP) is 1.61. The van der Waals surface area contributed by atoms with Crippen LogP contribution < -0.4 is 10.0 Å². The van der Waals surface area contributed by atoms with Gasteiger partial charge in [0.25, 0.3) is 10.0 Å². The third-order valence-corrected chi connectivity index (χ3v) is 4.48. The summed E-state index contributed by atoms with van der Waals surface area (Å²) in [4.78, 5) is 0. The van der Waals surface area contributed by atoms with Crippen LogP contribution in [-0.4, -0.2) is 20.0 Å². The minimum atomic E-state index is -3.52. The molecule has 18 heavy (non-hydrogen) atoms. The van der Waals surface area contributed by atoms with E-state index in [1.165, 1.54) is 6.07 Å². The number of sulfonamides is 1. The Labute approximate surface area is 108 Å². The average molecular weight is 272 g/mol. The van der Waals surface area contributed by atoms with Crippen molar-refractivity contribution in [1.29, 1.82) is 0 Å². The molecule has 0 aliphatic heterocycles. The number of hydrogen-bond donors (Lipinski definition) is 2. The standard InChI is InChI=1S/C12H20N2O3S/c1-9(2)13-8-10-4-5-11(17-10)18(15,16)14-12(3)6-7-12/h4-5,9,13-14H,6-8H2,1-3H3. The molecule has 2 N–H and O–H groups in total. The Morgan fingerprint density at radius 2 is 2.06 bits per heavy atom. The molecule has 1 aromatic heterocycles. The van der Waals surface area contributed by atoms with Crippen LogP contribution in [0.2, 0.25) is 0 Å². The van der Waals surface area contributed by atoms with Gasteiger partial charge in [0.05, 0.1) is 6.54 Å². The van der Waals surface area contributed by atoms with Crippen LogP contribution in [-0.2, 0) is 16.6 Å². The van der Waals surface area contributed by atoms with Gasteiger partial charge in [-0.3, -0.25) is 0 Å². The minimum Gasteiger partial charge on any atom is -0.447 e. The van der Waals surface area contributed by atoms with Gasteiger partial charge in [-0.15, -0.1) is 0 Å². The van der Waals surface area contributed by atoms with Crippen molar-refractivity contribution in [2.24, 2.45) is 0 Å². The van der Waals surface area contributed by atoms with E-state index in [9.17, 15) is 8.42 Å². The van der Waals surface area contributed by atoms with Gasteiger partial charge in [0, 0.05) is 11.6 Å². The molecular formula is C12H20N2O3S.